The van der Waals surface area contributed by atoms with Gasteiger partial charge in [0.2, 0.25) is 0 Å². The van der Waals surface area contributed by atoms with Gasteiger partial charge in [0.1, 0.15) is 11.5 Å². The second kappa shape index (κ2) is 3.16. The van der Waals surface area contributed by atoms with Gasteiger partial charge in [0, 0.05) is 6.20 Å². The molecule has 0 unspecified atom stereocenters. The molecule has 0 saturated heterocycles. The van der Waals surface area contributed by atoms with E-state index in [4.69, 9.17) is 5.11 Å². The number of hydrogen-bond donors (Lipinski definition) is 1. The molecule has 15 heavy (non-hydrogen) atoms. The second-order valence-electron chi connectivity index (χ2n) is 3.00. The number of aromatic carboxylic acids is 1. The van der Waals surface area contributed by atoms with E-state index in [1.54, 1.807) is 6.92 Å². The van der Waals surface area contributed by atoms with Crippen molar-refractivity contribution in [2.24, 2.45) is 0 Å². The highest BCUT2D eigenvalue weighted by Crippen LogP contribution is 2.01. The van der Waals surface area contributed by atoms with E-state index >= 15 is 0 Å². The molecule has 0 saturated carbocycles. The Morgan fingerprint density at radius 3 is 2.80 bits per heavy atom. The summed E-state index contributed by atoms with van der Waals surface area (Å²) in [5.74, 6) is -0.729. The van der Waals surface area contributed by atoms with E-state index in [-0.39, 0.29) is 5.56 Å². The van der Waals surface area contributed by atoms with E-state index in [2.05, 4.69) is 9.97 Å². The van der Waals surface area contributed by atoms with Crippen molar-refractivity contribution in [1.29, 1.82) is 0 Å². The van der Waals surface area contributed by atoms with E-state index in [9.17, 15) is 9.59 Å². The van der Waals surface area contributed by atoms with Gasteiger partial charge < -0.3 is 5.11 Å². The van der Waals surface area contributed by atoms with E-state index in [1.165, 1.54) is 18.3 Å². The molecule has 0 spiro atoms. The van der Waals surface area contributed by atoms with Gasteiger partial charge in [-0.2, -0.15) is 4.98 Å². The van der Waals surface area contributed by atoms with Gasteiger partial charge in [-0.15, -0.1) is 0 Å². The lowest BCUT2D eigenvalue weighted by molar-refractivity contribution is 0.0696. The third kappa shape index (κ3) is 1.56. The molecule has 2 rings (SSSR count). The fourth-order valence-electron chi connectivity index (χ4n) is 1.25. The Labute approximate surface area is 83.8 Å². The lowest BCUT2D eigenvalue weighted by Gasteiger charge is -2.00. The Morgan fingerprint density at radius 1 is 1.40 bits per heavy atom. The van der Waals surface area contributed by atoms with Crippen molar-refractivity contribution in [3.63, 3.8) is 0 Å². The third-order valence-electron chi connectivity index (χ3n) is 1.91. The monoisotopic (exact) mass is 205 g/mol. The first-order valence-electron chi connectivity index (χ1n) is 4.18. The lowest BCUT2D eigenvalue weighted by Crippen LogP contribution is -2.20. The molecule has 1 N–H and O–H groups in total. The first-order valence-corrected chi connectivity index (χ1v) is 4.18. The number of aromatic nitrogens is 3. The maximum absolute atomic E-state index is 11.4. The van der Waals surface area contributed by atoms with Crippen molar-refractivity contribution in [3.8, 4) is 0 Å². The summed E-state index contributed by atoms with van der Waals surface area (Å²) < 4.78 is 1.11. The van der Waals surface area contributed by atoms with Crippen molar-refractivity contribution < 1.29 is 9.90 Å². The molecule has 0 aliphatic heterocycles. The summed E-state index contributed by atoms with van der Waals surface area (Å²) in [6, 6.07) is 2.86. The molecule has 2 heterocycles. The van der Waals surface area contributed by atoms with Crippen LogP contribution >= 0.6 is 0 Å². The predicted octanol–water partition coefficient (Wildman–Crippen LogP) is 0.0961. The van der Waals surface area contributed by atoms with Crippen LogP contribution < -0.4 is 5.69 Å². The number of aryl methyl sites for hydroxylation is 1. The van der Waals surface area contributed by atoms with Gasteiger partial charge in [0.15, 0.2) is 0 Å². The highest BCUT2D eigenvalue weighted by Gasteiger charge is 2.06. The summed E-state index contributed by atoms with van der Waals surface area (Å²) >= 11 is 0. The number of carboxylic acids is 1. The number of fused-ring (bicyclic) bond motifs is 1. The molecule has 76 valence electrons. The Balaban J connectivity index is 2.83. The largest absolute Gasteiger partial charge is 0.478 e. The van der Waals surface area contributed by atoms with Gasteiger partial charge in [-0.25, -0.2) is 14.6 Å². The Bertz CT molecular complexity index is 603. The number of pyridine rings is 1. The van der Waals surface area contributed by atoms with Gasteiger partial charge in [-0.05, 0) is 19.1 Å². The van der Waals surface area contributed by atoms with Crippen LogP contribution in [0.25, 0.3) is 5.65 Å². The van der Waals surface area contributed by atoms with Crippen molar-refractivity contribution in [3.05, 3.63) is 40.2 Å². The molecule has 0 bridgehead atoms. The third-order valence-corrected chi connectivity index (χ3v) is 1.91. The Hall–Kier alpha value is -2.24. The number of carboxylic acid groups (broad SMARTS) is 1. The fourth-order valence-corrected chi connectivity index (χ4v) is 1.25. The lowest BCUT2D eigenvalue weighted by atomic mass is 10.3. The molecule has 6 heteroatoms. The van der Waals surface area contributed by atoms with E-state index in [1.807, 2.05) is 0 Å². The second-order valence-corrected chi connectivity index (χ2v) is 3.00. The van der Waals surface area contributed by atoms with Crippen molar-refractivity contribution in [1.82, 2.24) is 14.4 Å². The minimum atomic E-state index is -1.09. The zero-order chi connectivity index (χ0) is 11.0. The molecule has 6 nitrogen and oxygen atoms in total. The molecule has 2 aromatic rings. The summed E-state index contributed by atoms with van der Waals surface area (Å²) in [5.41, 5.74) is -0.116. The number of carbonyl (C=O) groups is 1. The first-order chi connectivity index (χ1) is 7.08. The average Bonchev–Trinajstić information content (AvgIpc) is 2.16. The highest BCUT2D eigenvalue weighted by atomic mass is 16.4. The Morgan fingerprint density at radius 2 is 2.13 bits per heavy atom. The molecule has 0 amide bonds. The molecule has 0 aliphatic carbocycles. The van der Waals surface area contributed by atoms with E-state index < -0.39 is 11.7 Å². The van der Waals surface area contributed by atoms with Crippen LogP contribution in [0, 0.1) is 6.92 Å². The Kier molecular flexibility index (Phi) is 1.96. The van der Waals surface area contributed by atoms with Crippen LogP contribution in [0.5, 0.6) is 0 Å². The van der Waals surface area contributed by atoms with Gasteiger partial charge in [-0.3, -0.25) is 4.40 Å². The van der Waals surface area contributed by atoms with Crippen LogP contribution in [-0.4, -0.2) is 25.4 Å². The van der Waals surface area contributed by atoms with Crippen molar-refractivity contribution in [2.45, 2.75) is 6.92 Å². The average molecular weight is 205 g/mol. The van der Waals surface area contributed by atoms with E-state index in [0.717, 1.165) is 4.40 Å². The molecule has 0 aliphatic rings. The van der Waals surface area contributed by atoms with Crippen LogP contribution in [-0.2, 0) is 0 Å². The van der Waals surface area contributed by atoms with Gasteiger partial charge in [0.05, 0.1) is 5.56 Å². The SMILES string of the molecule is Cc1nc(=O)n2cc(C(=O)O)ccc2n1. The first kappa shape index (κ1) is 9.32. The van der Waals surface area contributed by atoms with Gasteiger partial charge >= 0.3 is 11.7 Å². The minimum Gasteiger partial charge on any atom is -0.478 e. The predicted molar refractivity (Wildman–Crippen MR) is 51.0 cm³/mol. The molecule has 0 atom stereocenters. The van der Waals surface area contributed by atoms with E-state index in [0.29, 0.717) is 11.5 Å². The minimum absolute atomic E-state index is 0.0250. The van der Waals surface area contributed by atoms with Crippen LogP contribution in [0.1, 0.15) is 16.2 Å². The number of nitrogens with zero attached hydrogens (tertiary/aromatic N) is 3. The molecule has 0 aromatic carbocycles. The maximum Gasteiger partial charge on any atom is 0.355 e. The van der Waals surface area contributed by atoms with Crippen LogP contribution in [0.2, 0.25) is 0 Å². The van der Waals surface area contributed by atoms with Crippen LogP contribution in [0.15, 0.2) is 23.1 Å². The summed E-state index contributed by atoms with van der Waals surface area (Å²) in [6.07, 6.45) is 1.21. The summed E-state index contributed by atoms with van der Waals surface area (Å²) in [4.78, 5) is 29.7. The smallest absolute Gasteiger partial charge is 0.355 e. The fraction of sp³-hybridized carbons (Fsp3) is 0.111. The summed E-state index contributed by atoms with van der Waals surface area (Å²) in [6.45, 7) is 1.60. The van der Waals surface area contributed by atoms with Crippen molar-refractivity contribution >= 4 is 11.6 Å². The van der Waals surface area contributed by atoms with Crippen molar-refractivity contribution in [2.75, 3.05) is 0 Å². The normalized spacial score (nSPS) is 10.5. The summed E-state index contributed by atoms with van der Waals surface area (Å²) in [7, 11) is 0. The molecule has 2 aromatic heterocycles. The van der Waals surface area contributed by atoms with Crippen LogP contribution in [0.3, 0.4) is 0 Å². The highest BCUT2D eigenvalue weighted by molar-refractivity contribution is 5.87. The summed E-state index contributed by atoms with van der Waals surface area (Å²) in [5, 5.41) is 8.73. The maximum atomic E-state index is 11.4. The molecule has 0 radical (unpaired) electrons. The number of rotatable bonds is 1. The topological polar surface area (TPSA) is 84.6 Å². The van der Waals surface area contributed by atoms with Crippen LogP contribution in [0.4, 0.5) is 0 Å². The van der Waals surface area contributed by atoms with Gasteiger partial charge in [-0.1, -0.05) is 0 Å². The number of hydrogen-bond acceptors (Lipinski definition) is 4. The molecular formula is C9H7N3O3. The molecule has 0 fully saturated rings. The van der Waals surface area contributed by atoms with Gasteiger partial charge in [0.25, 0.3) is 0 Å². The zero-order valence-corrected chi connectivity index (χ0v) is 7.84. The standard InChI is InChI=1S/C9H7N3O3/c1-5-10-7-3-2-6(8(13)14)4-12(7)9(15)11-5/h2-4H,1H3,(H,13,14). The zero-order valence-electron chi connectivity index (χ0n) is 7.84. The quantitative estimate of drug-likeness (QED) is 0.713. The molecular weight excluding hydrogens is 198 g/mol.